The van der Waals surface area contributed by atoms with Crippen molar-refractivity contribution < 1.29 is 28.7 Å². The summed E-state index contributed by atoms with van der Waals surface area (Å²) in [5.41, 5.74) is 3.27. The highest BCUT2D eigenvalue weighted by Gasteiger charge is 2.28. The van der Waals surface area contributed by atoms with Gasteiger partial charge in [0, 0.05) is 19.9 Å². The van der Waals surface area contributed by atoms with E-state index in [9.17, 15) is 19.2 Å². The third kappa shape index (κ3) is 9.07. The molecule has 1 aliphatic rings. The van der Waals surface area contributed by atoms with Crippen LogP contribution in [0, 0.1) is 13.8 Å². The zero-order valence-electron chi connectivity index (χ0n) is 25.4. The van der Waals surface area contributed by atoms with Gasteiger partial charge in [0.05, 0.1) is 18.7 Å². The summed E-state index contributed by atoms with van der Waals surface area (Å²) < 4.78 is 11.7. The number of benzene rings is 3. The summed E-state index contributed by atoms with van der Waals surface area (Å²) in [6, 6.07) is 20.2. The van der Waals surface area contributed by atoms with Gasteiger partial charge in [-0.2, -0.15) is 0 Å². The van der Waals surface area contributed by atoms with Crippen LogP contribution >= 0.6 is 0 Å². The molecule has 0 aliphatic carbocycles. The van der Waals surface area contributed by atoms with E-state index in [4.69, 9.17) is 9.47 Å². The minimum atomic E-state index is -1.02. The number of amides is 4. The van der Waals surface area contributed by atoms with Crippen LogP contribution in [0.3, 0.4) is 0 Å². The first-order valence-corrected chi connectivity index (χ1v) is 14.8. The second kappa shape index (κ2) is 15.6. The molecule has 3 aromatic rings. The molecule has 2 atom stereocenters. The number of para-hydroxylation sites is 1. The summed E-state index contributed by atoms with van der Waals surface area (Å²) in [5, 5.41) is 8.43. The summed E-state index contributed by atoms with van der Waals surface area (Å²) in [5.74, 6) is -0.559. The highest BCUT2D eigenvalue weighted by atomic mass is 16.5. The number of likely N-dealkylation sites (N-methyl/N-ethyl adjacent to an activating group) is 1. The van der Waals surface area contributed by atoms with E-state index in [1.807, 2.05) is 62.4 Å². The van der Waals surface area contributed by atoms with Gasteiger partial charge in [-0.3, -0.25) is 19.2 Å². The van der Waals surface area contributed by atoms with Crippen molar-refractivity contribution in [3.8, 4) is 11.5 Å². The molecule has 4 amide bonds. The molecular weight excluding hydrogens is 560 g/mol. The lowest BCUT2D eigenvalue weighted by atomic mass is 10.0. The fourth-order valence-electron chi connectivity index (χ4n) is 4.97. The number of ether oxygens (including phenoxy) is 2. The van der Waals surface area contributed by atoms with Crippen LogP contribution in [0.1, 0.15) is 39.9 Å². The summed E-state index contributed by atoms with van der Waals surface area (Å²) in [7, 11) is 1.65. The van der Waals surface area contributed by atoms with E-state index in [0.717, 1.165) is 22.4 Å². The Hall–Kier alpha value is -4.86. The Morgan fingerprint density at radius 1 is 1.00 bits per heavy atom. The lowest BCUT2D eigenvalue weighted by Crippen LogP contribution is -2.50. The van der Waals surface area contributed by atoms with Crippen LogP contribution < -0.4 is 25.4 Å². The second-order valence-electron chi connectivity index (χ2n) is 10.9. The lowest BCUT2D eigenvalue weighted by molar-refractivity contribution is -0.135. The Morgan fingerprint density at radius 2 is 1.75 bits per heavy atom. The SMILES string of the molecule is Cc1ccc(OCCNC(=O)[C@@H]2CCC(=O)N[C@@H](Cc3ccccc3)C(=O)N(C)CCOc3ccccc3C(=O)N2)c(C)c1. The number of aryl methyl sites for hydroxylation is 2. The van der Waals surface area contributed by atoms with Crippen molar-refractivity contribution in [2.45, 2.75) is 45.2 Å². The fourth-order valence-corrected chi connectivity index (χ4v) is 4.97. The van der Waals surface area contributed by atoms with Crippen molar-refractivity contribution >= 4 is 23.6 Å². The zero-order valence-corrected chi connectivity index (χ0v) is 25.4. The van der Waals surface area contributed by atoms with E-state index >= 15 is 0 Å². The number of nitrogens with one attached hydrogen (secondary N) is 3. The quantitative estimate of drug-likeness (QED) is 0.358. The van der Waals surface area contributed by atoms with E-state index < -0.39 is 29.8 Å². The Kier molecular flexibility index (Phi) is 11.3. The van der Waals surface area contributed by atoms with Gasteiger partial charge < -0.3 is 30.3 Å². The lowest BCUT2D eigenvalue weighted by Gasteiger charge is -2.25. The number of carbonyl (C=O) groups is 4. The molecular formula is C34H40N4O6. The molecule has 0 saturated heterocycles. The first kappa shape index (κ1) is 32.1. The summed E-state index contributed by atoms with van der Waals surface area (Å²) in [6.45, 7) is 4.75. The molecule has 0 bridgehead atoms. The number of hydrogen-bond acceptors (Lipinski definition) is 6. The maximum atomic E-state index is 13.4. The predicted octanol–water partition coefficient (Wildman–Crippen LogP) is 2.96. The van der Waals surface area contributed by atoms with E-state index in [-0.39, 0.29) is 50.6 Å². The number of fused-ring (bicyclic) bond motifs is 1. The molecule has 3 aromatic carbocycles. The van der Waals surface area contributed by atoms with Gasteiger partial charge in [0.1, 0.15) is 36.8 Å². The zero-order chi connectivity index (χ0) is 31.5. The second-order valence-corrected chi connectivity index (χ2v) is 10.9. The summed E-state index contributed by atoms with van der Waals surface area (Å²) in [6.07, 6.45) is 0.241. The number of carbonyl (C=O) groups excluding carboxylic acids is 4. The van der Waals surface area contributed by atoms with Gasteiger partial charge in [0.15, 0.2) is 0 Å². The van der Waals surface area contributed by atoms with Crippen molar-refractivity contribution in [3.63, 3.8) is 0 Å². The van der Waals surface area contributed by atoms with Crippen LogP contribution in [0.2, 0.25) is 0 Å². The van der Waals surface area contributed by atoms with Gasteiger partial charge in [0.2, 0.25) is 17.7 Å². The minimum absolute atomic E-state index is 0.0203. The van der Waals surface area contributed by atoms with Crippen LogP contribution in [0.4, 0.5) is 0 Å². The number of rotatable bonds is 7. The van der Waals surface area contributed by atoms with E-state index in [1.165, 1.54) is 4.90 Å². The predicted molar refractivity (Wildman–Crippen MR) is 167 cm³/mol. The van der Waals surface area contributed by atoms with Gasteiger partial charge in [-0.05, 0) is 49.6 Å². The fraction of sp³-hybridized carbons (Fsp3) is 0.353. The molecule has 0 saturated carbocycles. The first-order chi connectivity index (χ1) is 21.2. The number of hydrogen-bond donors (Lipinski definition) is 3. The molecule has 3 N–H and O–H groups in total. The monoisotopic (exact) mass is 600 g/mol. The number of nitrogens with zero attached hydrogens (tertiary/aromatic N) is 1. The molecule has 0 fully saturated rings. The average Bonchev–Trinajstić information content (AvgIpc) is 3.01. The molecule has 0 aromatic heterocycles. The van der Waals surface area contributed by atoms with E-state index in [0.29, 0.717) is 12.2 Å². The van der Waals surface area contributed by atoms with E-state index in [2.05, 4.69) is 16.0 Å². The Bertz CT molecular complexity index is 1460. The van der Waals surface area contributed by atoms with Gasteiger partial charge in [-0.1, -0.05) is 60.2 Å². The van der Waals surface area contributed by atoms with Crippen LogP contribution in [0.5, 0.6) is 11.5 Å². The van der Waals surface area contributed by atoms with Gasteiger partial charge in [-0.15, -0.1) is 0 Å². The molecule has 232 valence electrons. The average molecular weight is 601 g/mol. The Morgan fingerprint density at radius 3 is 2.52 bits per heavy atom. The Labute approximate surface area is 258 Å². The maximum absolute atomic E-state index is 13.4. The largest absolute Gasteiger partial charge is 0.491 e. The molecule has 1 aliphatic heterocycles. The summed E-state index contributed by atoms with van der Waals surface area (Å²) in [4.78, 5) is 54.6. The molecule has 4 rings (SSSR count). The topological polar surface area (TPSA) is 126 Å². The molecule has 44 heavy (non-hydrogen) atoms. The molecule has 0 unspecified atom stereocenters. The third-order valence-corrected chi connectivity index (χ3v) is 7.38. The van der Waals surface area contributed by atoms with Crippen LogP contribution in [0.15, 0.2) is 72.8 Å². The van der Waals surface area contributed by atoms with Gasteiger partial charge >= 0.3 is 0 Å². The standard InChI is InChI=1S/C34H40N4O6/c1-23-13-15-29(24(2)21-23)43-19-17-35-33(41)27-14-16-31(39)36-28(22-25-9-5-4-6-10-25)34(42)38(3)18-20-44-30-12-8-7-11-26(30)32(40)37-27/h4-13,15,21,27-28H,14,16-20,22H2,1-3H3,(H,35,41)(H,36,39)(H,37,40)/t27-,28-/m0/s1. The highest BCUT2D eigenvalue weighted by Crippen LogP contribution is 2.20. The van der Waals surface area contributed by atoms with Crippen LogP contribution in [-0.2, 0) is 20.8 Å². The maximum Gasteiger partial charge on any atom is 0.255 e. The molecule has 10 heteroatoms. The van der Waals surface area contributed by atoms with E-state index in [1.54, 1.807) is 31.3 Å². The molecule has 1 heterocycles. The highest BCUT2D eigenvalue weighted by molar-refractivity contribution is 5.99. The van der Waals surface area contributed by atoms with Crippen molar-refractivity contribution in [1.29, 1.82) is 0 Å². The van der Waals surface area contributed by atoms with Crippen molar-refractivity contribution in [2.75, 3.05) is 33.4 Å². The van der Waals surface area contributed by atoms with Crippen molar-refractivity contribution in [3.05, 3.63) is 95.1 Å². The Balaban J connectivity index is 1.49. The van der Waals surface area contributed by atoms with Gasteiger partial charge in [0.25, 0.3) is 5.91 Å². The normalized spacial score (nSPS) is 18.1. The third-order valence-electron chi connectivity index (χ3n) is 7.38. The molecule has 10 nitrogen and oxygen atoms in total. The summed E-state index contributed by atoms with van der Waals surface area (Å²) >= 11 is 0. The van der Waals surface area contributed by atoms with Crippen LogP contribution in [-0.4, -0.2) is 74.0 Å². The van der Waals surface area contributed by atoms with Crippen LogP contribution in [0.25, 0.3) is 0 Å². The molecule has 0 spiro atoms. The van der Waals surface area contributed by atoms with Crippen molar-refractivity contribution in [1.82, 2.24) is 20.9 Å². The minimum Gasteiger partial charge on any atom is -0.491 e. The van der Waals surface area contributed by atoms with Gasteiger partial charge in [-0.25, -0.2) is 0 Å². The molecule has 0 radical (unpaired) electrons. The first-order valence-electron chi connectivity index (χ1n) is 14.8. The smallest absolute Gasteiger partial charge is 0.255 e. The van der Waals surface area contributed by atoms with Crippen molar-refractivity contribution in [2.24, 2.45) is 0 Å².